The predicted octanol–water partition coefficient (Wildman–Crippen LogP) is 3.07. The molecule has 0 saturated carbocycles. The molecule has 1 aromatic rings. The highest BCUT2D eigenvalue weighted by Crippen LogP contribution is 2.39. The minimum absolute atomic E-state index is 0.406. The number of carbonyl (C=O) groups excluding carboxylic acids is 1. The van der Waals surface area contributed by atoms with Crippen molar-refractivity contribution < 1.29 is 41.0 Å². The maximum absolute atomic E-state index is 13.0. The molecule has 1 aromatic carbocycles. The van der Waals surface area contributed by atoms with Crippen LogP contribution in [0.15, 0.2) is 18.2 Å². The monoisotopic (exact) mass is 368 g/mol. The number of carbonyl (C=O) groups is 1. The molecule has 1 amide bonds. The fraction of sp³-hybridized carbons (Fsp3) is 0.429. The number of ether oxygens (including phenoxy) is 1. The molecule has 2 rings (SSSR count). The molecule has 1 fully saturated rings. The van der Waals surface area contributed by atoms with Crippen molar-refractivity contribution in [2.24, 2.45) is 5.92 Å². The molecule has 0 spiro atoms. The van der Waals surface area contributed by atoms with Gasteiger partial charge in [0.1, 0.15) is 12.5 Å². The Morgan fingerprint density at radius 2 is 1.96 bits per heavy atom. The van der Waals surface area contributed by atoms with Crippen LogP contribution in [0.2, 0.25) is 0 Å². The smallest absolute Gasteiger partial charge is 0.417 e. The van der Waals surface area contributed by atoms with E-state index in [9.17, 15) is 31.1 Å². The van der Waals surface area contributed by atoms with Crippen molar-refractivity contribution in [3.05, 3.63) is 29.3 Å². The SMILES string of the molecule is N#Cc1ccc(N2C(=O)OC[C@@H]2C(CO)C(F)(F)F)cc1C(F)(F)F. The first-order chi connectivity index (χ1) is 11.5. The van der Waals surface area contributed by atoms with Gasteiger partial charge in [-0.3, -0.25) is 4.90 Å². The van der Waals surface area contributed by atoms with E-state index >= 15 is 0 Å². The highest BCUT2D eigenvalue weighted by Gasteiger charge is 2.51. The molecule has 1 aliphatic heterocycles. The Morgan fingerprint density at radius 3 is 2.44 bits per heavy atom. The fourth-order valence-electron chi connectivity index (χ4n) is 2.49. The Labute approximate surface area is 137 Å². The van der Waals surface area contributed by atoms with E-state index in [1.165, 1.54) is 6.07 Å². The van der Waals surface area contributed by atoms with Gasteiger partial charge in [-0.2, -0.15) is 31.6 Å². The van der Waals surface area contributed by atoms with Gasteiger partial charge in [0.05, 0.1) is 29.8 Å². The third kappa shape index (κ3) is 3.63. The molecule has 1 saturated heterocycles. The molecule has 136 valence electrons. The number of anilines is 1. The van der Waals surface area contributed by atoms with Gasteiger partial charge in [-0.05, 0) is 18.2 Å². The molecule has 2 atom stereocenters. The summed E-state index contributed by atoms with van der Waals surface area (Å²) in [5, 5.41) is 17.7. The first-order valence-corrected chi connectivity index (χ1v) is 6.75. The van der Waals surface area contributed by atoms with Gasteiger partial charge in [-0.25, -0.2) is 4.79 Å². The third-order valence-electron chi connectivity index (χ3n) is 3.69. The molecule has 0 bridgehead atoms. The summed E-state index contributed by atoms with van der Waals surface area (Å²) in [6.07, 6.45) is -11.1. The second-order valence-electron chi connectivity index (χ2n) is 5.18. The Kier molecular flexibility index (Phi) is 4.85. The number of nitriles is 1. The van der Waals surface area contributed by atoms with Crippen LogP contribution in [0.5, 0.6) is 0 Å². The maximum atomic E-state index is 13.0. The summed E-state index contributed by atoms with van der Waals surface area (Å²) in [4.78, 5) is 12.2. The number of aliphatic hydroxyl groups excluding tert-OH is 1. The molecular weight excluding hydrogens is 358 g/mol. The summed E-state index contributed by atoms with van der Waals surface area (Å²) in [6, 6.07) is 1.67. The Morgan fingerprint density at radius 1 is 1.32 bits per heavy atom. The van der Waals surface area contributed by atoms with E-state index < -0.39 is 60.4 Å². The standard InChI is InChI=1S/C14H10F6N2O3/c15-13(16,17)9-3-8(2-1-7(9)4-21)22-11(6-25-12(22)24)10(5-23)14(18,19)20/h1-3,10-11,23H,5-6H2/t10?,11-/m1/s1. The average Bonchev–Trinajstić information content (AvgIpc) is 2.86. The zero-order chi connectivity index (χ0) is 19.0. The van der Waals surface area contributed by atoms with E-state index in [0.717, 1.165) is 12.1 Å². The number of rotatable bonds is 3. The van der Waals surface area contributed by atoms with Crippen LogP contribution < -0.4 is 4.90 Å². The number of hydrogen-bond acceptors (Lipinski definition) is 4. The lowest BCUT2D eigenvalue weighted by molar-refractivity contribution is -0.189. The number of hydrogen-bond donors (Lipinski definition) is 1. The minimum atomic E-state index is -4.94. The zero-order valence-electron chi connectivity index (χ0n) is 12.2. The Hall–Kier alpha value is -2.48. The van der Waals surface area contributed by atoms with Crippen molar-refractivity contribution in [2.45, 2.75) is 18.4 Å². The predicted molar refractivity (Wildman–Crippen MR) is 70.4 cm³/mol. The molecule has 1 heterocycles. The van der Waals surface area contributed by atoms with Crippen LogP contribution in [0.1, 0.15) is 11.1 Å². The van der Waals surface area contributed by atoms with Crippen molar-refractivity contribution in [2.75, 3.05) is 18.1 Å². The summed E-state index contributed by atoms with van der Waals surface area (Å²) in [6.45, 7) is -2.12. The van der Waals surface area contributed by atoms with Gasteiger partial charge in [0.2, 0.25) is 0 Å². The van der Waals surface area contributed by atoms with Crippen LogP contribution >= 0.6 is 0 Å². The Balaban J connectivity index is 2.51. The van der Waals surface area contributed by atoms with E-state index in [1.54, 1.807) is 0 Å². The van der Waals surface area contributed by atoms with E-state index in [1.807, 2.05) is 0 Å². The van der Waals surface area contributed by atoms with Gasteiger partial charge in [-0.1, -0.05) is 0 Å². The molecule has 1 unspecified atom stereocenters. The molecule has 0 aromatic heterocycles. The topological polar surface area (TPSA) is 73.6 Å². The van der Waals surface area contributed by atoms with Crippen molar-refractivity contribution in [1.82, 2.24) is 0 Å². The van der Waals surface area contributed by atoms with Gasteiger partial charge >= 0.3 is 18.4 Å². The molecular formula is C14H10F6N2O3. The number of aliphatic hydroxyl groups is 1. The van der Waals surface area contributed by atoms with Crippen molar-refractivity contribution in [1.29, 1.82) is 5.26 Å². The number of amides is 1. The number of halogens is 6. The lowest BCUT2D eigenvalue weighted by atomic mass is 9.98. The minimum Gasteiger partial charge on any atom is -0.447 e. The van der Waals surface area contributed by atoms with Crippen LogP contribution in [0, 0.1) is 17.2 Å². The van der Waals surface area contributed by atoms with Crippen molar-refractivity contribution >= 4 is 11.8 Å². The molecule has 1 N–H and O–H groups in total. The van der Waals surface area contributed by atoms with E-state index in [-0.39, 0.29) is 0 Å². The summed E-state index contributed by atoms with van der Waals surface area (Å²) >= 11 is 0. The van der Waals surface area contributed by atoms with E-state index in [2.05, 4.69) is 4.74 Å². The summed E-state index contributed by atoms with van der Waals surface area (Å²) < 4.78 is 82.5. The van der Waals surface area contributed by atoms with Crippen LogP contribution in [0.3, 0.4) is 0 Å². The first kappa shape index (κ1) is 18.9. The lowest BCUT2D eigenvalue weighted by Gasteiger charge is -2.29. The highest BCUT2D eigenvalue weighted by atomic mass is 19.4. The molecule has 25 heavy (non-hydrogen) atoms. The van der Waals surface area contributed by atoms with E-state index in [0.29, 0.717) is 11.0 Å². The quantitative estimate of drug-likeness (QED) is 0.833. The second kappa shape index (κ2) is 6.44. The van der Waals surface area contributed by atoms with Gasteiger partial charge < -0.3 is 9.84 Å². The number of alkyl halides is 6. The lowest BCUT2D eigenvalue weighted by Crippen LogP contribution is -2.47. The summed E-state index contributed by atoms with van der Waals surface area (Å²) in [5.41, 5.74) is -2.64. The molecule has 11 heteroatoms. The zero-order valence-corrected chi connectivity index (χ0v) is 12.2. The normalized spacial score (nSPS) is 19.5. The fourth-order valence-corrected chi connectivity index (χ4v) is 2.49. The molecule has 5 nitrogen and oxygen atoms in total. The van der Waals surface area contributed by atoms with Gasteiger partial charge in [-0.15, -0.1) is 0 Å². The largest absolute Gasteiger partial charge is 0.447 e. The summed E-state index contributed by atoms with van der Waals surface area (Å²) in [5.74, 6) is -2.40. The van der Waals surface area contributed by atoms with Crippen LogP contribution in [-0.2, 0) is 10.9 Å². The number of nitrogens with zero attached hydrogens (tertiary/aromatic N) is 2. The molecule has 0 radical (unpaired) electrons. The molecule has 0 aliphatic carbocycles. The van der Waals surface area contributed by atoms with Gasteiger partial charge in [0.25, 0.3) is 0 Å². The number of benzene rings is 1. The van der Waals surface area contributed by atoms with Crippen LogP contribution in [0.4, 0.5) is 36.8 Å². The third-order valence-corrected chi connectivity index (χ3v) is 3.69. The number of cyclic esters (lactones) is 1. The van der Waals surface area contributed by atoms with Crippen LogP contribution in [-0.4, -0.2) is 36.6 Å². The van der Waals surface area contributed by atoms with Gasteiger partial charge in [0.15, 0.2) is 0 Å². The van der Waals surface area contributed by atoms with Crippen molar-refractivity contribution in [3.8, 4) is 6.07 Å². The molecule has 1 aliphatic rings. The second-order valence-corrected chi connectivity index (χ2v) is 5.18. The average molecular weight is 368 g/mol. The first-order valence-electron chi connectivity index (χ1n) is 6.75. The maximum Gasteiger partial charge on any atom is 0.417 e. The highest BCUT2D eigenvalue weighted by molar-refractivity contribution is 5.90. The summed E-state index contributed by atoms with van der Waals surface area (Å²) in [7, 11) is 0. The van der Waals surface area contributed by atoms with Crippen LogP contribution in [0.25, 0.3) is 0 Å². The Bertz CT molecular complexity index is 710. The van der Waals surface area contributed by atoms with Gasteiger partial charge in [0, 0.05) is 5.69 Å². The van der Waals surface area contributed by atoms with Crippen molar-refractivity contribution in [3.63, 3.8) is 0 Å². The van der Waals surface area contributed by atoms with E-state index in [4.69, 9.17) is 10.4 Å².